The van der Waals surface area contributed by atoms with E-state index in [-0.39, 0.29) is 19.1 Å². The summed E-state index contributed by atoms with van der Waals surface area (Å²) in [6.45, 7) is 1.90. The van der Waals surface area contributed by atoms with E-state index in [0.717, 1.165) is 0 Å². The number of hydrogen-bond donors (Lipinski definition) is 1. The first kappa shape index (κ1) is 14.6. The number of aromatic nitrogens is 4. The summed E-state index contributed by atoms with van der Waals surface area (Å²) in [7, 11) is 1.54. The number of benzene rings is 1. The average Bonchev–Trinajstić information content (AvgIpc) is 3.01. The van der Waals surface area contributed by atoms with Crippen LogP contribution >= 0.6 is 0 Å². The summed E-state index contributed by atoms with van der Waals surface area (Å²) in [4.78, 5) is 25.0. The van der Waals surface area contributed by atoms with Crippen LogP contribution in [0.5, 0.6) is 0 Å². The second-order valence-electron chi connectivity index (χ2n) is 4.28. The molecule has 1 aromatic heterocycles. The van der Waals surface area contributed by atoms with Crippen molar-refractivity contribution in [3.05, 3.63) is 29.8 Å². The second kappa shape index (κ2) is 6.60. The van der Waals surface area contributed by atoms with Crippen molar-refractivity contribution < 1.29 is 14.3 Å². The predicted molar refractivity (Wildman–Crippen MR) is 73.2 cm³/mol. The standard InChI is InChI=1S/C13H15N5O3/c1-3-21-11(19)8-18(2)13(20)10-6-4-5-9(7-10)12-14-16-17-15-12/h4-7H,3,8H2,1-2H3,(H,14,15,16,17). The Morgan fingerprint density at radius 2 is 2.19 bits per heavy atom. The Labute approximate surface area is 121 Å². The van der Waals surface area contributed by atoms with Gasteiger partial charge in [0, 0.05) is 18.2 Å². The molecule has 110 valence electrons. The zero-order chi connectivity index (χ0) is 15.2. The van der Waals surface area contributed by atoms with Crippen molar-refractivity contribution in [1.29, 1.82) is 0 Å². The minimum Gasteiger partial charge on any atom is -0.465 e. The van der Waals surface area contributed by atoms with Gasteiger partial charge in [0.25, 0.3) is 5.91 Å². The SMILES string of the molecule is CCOC(=O)CN(C)C(=O)c1cccc(-c2nn[nH]n2)c1. The van der Waals surface area contributed by atoms with Crippen LogP contribution in [0.2, 0.25) is 0 Å². The lowest BCUT2D eigenvalue weighted by Crippen LogP contribution is -2.33. The zero-order valence-electron chi connectivity index (χ0n) is 11.7. The van der Waals surface area contributed by atoms with Crippen LogP contribution in [0.15, 0.2) is 24.3 Å². The lowest BCUT2D eigenvalue weighted by atomic mass is 10.1. The predicted octanol–water partition coefficient (Wildman–Crippen LogP) is 0.502. The number of carbonyl (C=O) groups excluding carboxylic acids is 2. The van der Waals surface area contributed by atoms with E-state index in [1.54, 1.807) is 38.2 Å². The van der Waals surface area contributed by atoms with Crippen molar-refractivity contribution in [1.82, 2.24) is 25.5 Å². The molecule has 0 spiro atoms. The molecule has 0 atom stereocenters. The van der Waals surface area contributed by atoms with Gasteiger partial charge in [-0.25, -0.2) is 0 Å². The Hall–Kier alpha value is -2.77. The van der Waals surface area contributed by atoms with E-state index in [2.05, 4.69) is 20.6 Å². The van der Waals surface area contributed by atoms with Crippen LogP contribution in [0.25, 0.3) is 11.4 Å². The smallest absolute Gasteiger partial charge is 0.325 e. The van der Waals surface area contributed by atoms with Crippen molar-refractivity contribution in [2.75, 3.05) is 20.2 Å². The molecule has 2 rings (SSSR count). The molecule has 1 heterocycles. The largest absolute Gasteiger partial charge is 0.465 e. The maximum atomic E-state index is 12.3. The fourth-order valence-electron chi connectivity index (χ4n) is 1.77. The number of rotatable bonds is 5. The van der Waals surface area contributed by atoms with Gasteiger partial charge in [0.05, 0.1) is 6.61 Å². The van der Waals surface area contributed by atoms with Gasteiger partial charge < -0.3 is 9.64 Å². The van der Waals surface area contributed by atoms with Crippen molar-refractivity contribution in [2.45, 2.75) is 6.92 Å². The molecule has 0 saturated carbocycles. The normalized spacial score (nSPS) is 10.2. The number of esters is 1. The van der Waals surface area contributed by atoms with Gasteiger partial charge in [-0.1, -0.05) is 12.1 Å². The van der Waals surface area contributed by atoms with Crippen LogP contribution in [0, 0.1) is 0 Å². The molecule has 8 heteroatoms. The van der Waals surface area contributed by atoms with Gasteiger partial charge in [-0.2, -0.15) is 5.21 Å². The number of ether oxygens (including phenoxy) is 1. The van der Waals surface area contributed by atoms with Gasteiger partial charge in [-0.3, -0.25) is 9.59 Å². The third-order valence-electron chi connectivity index (χ3n) is 2.73. The number of carbonyl (C=O) groups is 2. The highest BCUT2D eigenvalue weighted by Crippen LogP contribution is 2.16. The fourth-order valence-corrected chi connectivity index (χ4v) is 1.77. The number of likely N-dealkylation sites (N-methyl/N-ethyl adjacent to an activating group) is 1. The van der Waals surface area contributed by atoms with Crippen molar-refractivity contribution >= 4 is 11.9 Å². The summed E-state index contributed by atoms with van der Waals surface area (Å²) in [6.07, 6.45) is 0. The quantitative estimate of drug-likeness (QED) is 0.804. The number of H-pyrrole nitrogens is 1. The van der Waals surface area contributed by atoms with E-state index >= 15 is 0 Å². The number of aromatic amines is 1. The molecule has 1 aromatic carbocycles. The molecule has 0 bridgehead atoms. The summed E-state index contributed by atoms with van der Waals surface area (Å²) < 4.78 is 4.82. The second-order valence-corrected chi connectivity index (χ2v) is 4.28. The molecule has 0 unspecified atom stereocenters. The molecular weight excluding hydrogens is 274 g/mol. The third kappa shape index (κ3) is 3.62. The van der Waals surface area contributed by atoms with E-state index in [1.807, 2.05) is 0 Å². The maximum Gasteiger partial charge on any atom is 0.325 e. The minimum atomic E-state index is -0.442. The number of nitrogens with one attached hydrogen (secondary N) is 1. The Morgan fingerprint density at radius 1 is 1.38 bits per heavy atom. The maximum absolute atomic E-state index is 12.3. The summed E-state index contributed by atoms with van der Waals surface area (Å²) in [5.41, 5.74) is 1.10. The molecule has 2 aromatic rings. The van der Waals surface area contributed by atoms with Gasteiger partial charge in [0.1, 0.15) is 6.54 Å². The number of nitrogens with zero attached hydrogens (tertiary/aromatic N) is 4. The molecule has 0 aliphatic rings. The van der Waals surface area contributed by atoms with Crippen LogP contribution in [0.4, 0.5) is 0 Å². The Balaban J connectivity index is 2.12. The monoisotopic (exact) mass is 289 g/mol. The summed E-state index contributed by atoms with van der Waals surface area (Å²) in [5, 5.41) is 13.5. The van der Waals surface area contributed by atoms with E-state index < -0.39 is 5.97 Å². The Bertz CT molecular complexity index is 626. The molecule has 0 aliphatic heterocycles. The van der Waals surface area contributed by atoms with Crippen molar-refractivity contribution in [3.8, 4) is 11.4 Å². The van der Waals surface area contributed by atoms with Crippen LogP contribution < -0.4 is 0 Å². The first-order valence-corrected chi connectivity index (χ1v) is 6.36. The zero-order valence-corrected chi connectivity index (χ0v) is 11.7. The number of hydrogen-bond acceptors (Lipinski definition) is 6. The molecule has 0 saturated heterocycles. The van der Waals surface area contributed by atoms with Crippen molar-refractivity contribution in [3.63, 3.8) is 0 Å². The first-order chi connectivity index (χ1) is 10.1. The topological polar surface area (TPSA) is 101 Å². The molecule has 21 heavy (non-hydrogen) atoms. The highest BCUT2D eigenvalue weighted by molar-refractivity contribution is 5.96. The van der Waals surface area contributed by atoms with Gasteiger partial charge in [-0.15, -0.1) is 10.2 Å². The van der Waals surface area contributed by atoms with Crippen LogP contribution in [0.1, 0.15) is 17.3 Å². The van der Waals surface area contributed by atoms with Gasteiger partial charge in [0.2, 0.25) is 5.82 Å². The highest BCUT2D eigenvalue weighted by Gasteiger charge is 2.16. The lowest BCUT2D eigenvalue weighted by molar-refractivity contribution is -0.143. The molecule has 0 fully saturated rings. The van der Waals surface area contributed by atoms with Crippen molar-refractivity contribution in [2.24, 2.45) is 0 Å². The summed E-state index contributed by atoms with van der Waals surface area (Å²) in [6, 6.07) is 6.80. The van der Waals surface area contributed by atoms with E-state index in [0.29, 0.717) is 17.0 Å². The van der Waals surface area contributed by atoms with Crippen LogP contribution in [0.3, 0.4) is 0 Å². The number of amides is 1. The molecule has 1 amide bonds. The fraction of sp³-hybridized carbons (Fsp3) is 0.308. The van der Waals surface area contributed by atoms with Crippen LogP contribution in [-0.4, -0.2) is 57.6 Å². The molecule has 8 nitrogen and oxygen atoms in total. The minimum absolute atomic E-state index is 0.0981. The average molecular weight is 289 g/mol. The summed E-state index contributed by atoms with van der Waals surface area (Å²) in [5.74, 6) is -0.325. The van der Waals surface area contributed by atoms with Gasteiger partial charge in [-0.05, 0) is 24.3 Å². The number of tetrazole rings is 1. The molecule has 1 N–H and O–H groups in total. The van der Waals surface area contributed by atoms with Gasteiger partial charge >= 0.3 is 5.97 Å². The Kier molecular flexibility index (Phi) is 4.60. The molecular formula is C13H15N5O3. The highest BCUT2D eigenvalue weighted by atomic mass is 16.5. The first-order valence-electron chi connectivity index (χ1n) is 6.36. The summed E-state index contributed by atoms with van der Waals surface area (Å²) >= 11 is 0. The van der Waals surface area contributed by atoms with Crippen LogP contribution in [-0.2, 0) is 9.53 Å². The molecule has 0 radical (unpaired) electrons. The van der Waals surface area contributed by atoms with E-state index in [9.17, 15) is 9.59 Å². The van der Waals surface area contributed by atoms with E-state index in [1.165, 1.54) is 4.90 Å². The van der Waals surface area contributed by atoms with Gasteiger partial charge in [0.15, 0.2) is 0 Å². The molecule has 0 aliphatic carbocycles. The van der Waals surface area contributed by atoms with E-state index in [4.69, 9.17) is 4.74 Å². The lowest BCUT2D eigenvalue weighted by Gasteiger charge is -2.16. The Morgan fingerprint density at radius 3 is 2.86 bits per heavy atom. The third-order valence-corrected chi connectivity index (χ3v) is 2.73.